The maximum atomic E-state index is 4.12. The van der Waals surface area contributed by atoms with Gasteiger partial charge in [0.1, 0.15) is 12.7 Å². The number of hydrogen-bond acceptors (Lipinski definition) is 4. The van der Waals surface area contributed by atoms with Gasteiger partial charge in [0.2, 0.25) is 0 Å². The molecule has 2 aromatic heterocycles. The van der Waals surface area contributed by atoms with E-state index >= 15 is 0 Å². The summed E-state index contributed by atoms with van der Waals surface area (Å²) in [6.45, 7) is 2.20. The fourth-order valence-electron chi connectivity index (χ4n) is 2.12. The summed E-state index contributed by atoms with van der Waals surface area (Å²) in [6.07, 6.45) is 4.30. The minimum absolute atomic E-state index is 0.368. The van der Waals surface area contributed by atoms with E-state index in [0.717, 1.165) is 17.8 Å². The molecule has 1 unspecified atom stereocenters. The summed E-state index contributed by atoms with van der Waals surface area (Å²) in [7, 11) is 0. The molecule has 1 N–H and O–H groups in total. The van der Waals surface area contributed by atoms with Crippen molar-refractivity contribution in [3.8, 4) is 5.69 Å². The summed E-state index contributed by atoms with van der Waals surface area (Å²) < 4.78 is 1.75. The van der Waals surface area contributed by atoms with Crippen LogP contribution in [0.5, 0.6) is 0 Å². The lowest BCUT2D eigenvalue weighted by Gasteiger charge is -2.17. The standard InChI is InChI=1S/C15H16N4S/c1-2-14(15-4-3-9-20-15)18-12-5-7-13(8-6-12)19-11-16-10-17-19/h3-11,14,18H,2H2,1H3. The minimum Gasteiger partial charge on any atom is -0.377 e. The van der Waals surface area contributed by atoms with Gasteiger partial charge in [-0.05, 0) is 42.1 Å². The van der Waals surface area contributed by atoms with Crippen molar-refractivity contribution in [1.82, 2.24) is 14.8 Å². The van der Waals surface area contributed by atoms with E-state index in [1.165, 1.54) is 11.2 Å². The molecule has 0 amide bonds. The smallest absolute Gasteiger partial charge is 0.138 e. The molecule has 0 saturated heterocycles. The van der Waals surface area contributed by atoms with Gasteiger partial charge in [-0.15, -0.1) is 11.3 Å². The summed E-state index contributed by atoms with van der Waals surface area (Å²) in [6, 6.07) is 12.9. The molecule has 3 aromatic rings. The van der Waals surface area contributed by atoms with Crippen molar-refractivity contribution in [1.29, 1.82) is 0 Å². The van der Waals surface area contributed by atoms with Crippen LogP contribution in [0.2, 0.25) is 0 Å². The van der Waals surface area contributed by atoms with Crippen molar-refractivity contribution >= 4 is 17.0 Å². The lowest BCUT2D eigenvalue weighted by molar-refractivity contribution is 0.764. The van der Waals surface area contributed by atoms with Crippen LogP contribution < -0.4 is 5.32 Å². The van der Waals surface area contributed by atoms with Gasteiger partial charge >= 0.3 is 0 Å². The Kier molecular flexibility index (Phi) is 3.78. The van der Waals surface area contributed by atoms with Gasteiger partial charge < -0.3 is 5.32 Å². The van der Waals surface area contributed by atoms with Crippen LogP contribution in [0.25, 0.3) is 5.69 Å². The van der Waals surface area contributed by atoms with E-state index in [4.69, 9.17) is 0 Å². The Morgan fingerprint density at radius 1 is 1.25 bits per heavy atom. The van der Waals surface area contributed by atoms with E-state index in [1.807, 2.05) is 12.1 Å². The molecule has 0 radical (unpaired) electrons. The molecule has 0 aliphatic rings. The predicted octanol–water partition coefficient (Wildman–Crippen LogP) is 3.89. The van der Waals surface area contributed by atoms with E-state index in [2.05, 4.69) is 52.0 Å². The van der Waals surface area contributed by atoms with Gasteiger partial charge in [-0.25, -0.2) is 9.67 Å². The third-order valence-corrected chi connectivity index (χ3v) is 4.17. The maximum Gasteiger partial charge on any atom is 0.138 e. The third kappa shape index (κ3) is 2.72. The van der Waals surface area contributed by atoms with Gasteiger partial charge in [0.15, 0.2) is 0 Å². The topological polar surface area (TPSA) is 42.7 Å². The Hall–Kier alpha value is -2.14. The molecule has 2 heterocycles. The second kappa shape index (κ2) is 5.88. The molecule has 1 atom stereocenters. The van der Waals surface area contributed by atoms with E-state index in [-0.39, 0.29) is 0 Å². The molecule has 0 fully saturated rings. The average Bonchev–Trinajstić information content (AvgIpc) is 3.18. The molecule has 1 aromatic carbocycles. The monoisotopic (exact) mass is 284 g/mol. The molecule has 0 aliphatic heterocycles. The Morgan fingerprint density at radius 2 is 2.10 bits per heavy atom. The molecule has 0 bridgehead atoms. The summed E-state index contributed by atoms with van der Waals surface area (Å²) in [4.78, 5) is 5.32. The van der Waals surface area contributed by atoms with Crippen LogP contribution in [0.4, 0.5) is 5.69 Å². The Morgan fingerprint density at radius 3 is 2.70 bits per heavy atom. The number of nitrogens with one attached hydrogen (secondary N) is 1. The van der Waals surface area contributed by atoms with Crippen molar-refractivity contribution in [2.45, 2.75) is 19.4 Å². The van der Waals surface area contributed by atoms with Crippen LogP contribution in [-0.4, -0.2) is 14.8 Å². The first-order chi connectivity index (χ1) is 9.86. The quantitative estimate of drug-likeness (QED) is 0.773. The van der Waals surface area contributed by atoms with Crippen LogP contribution in [-0.2, 0) is 0 Å². The number of rotatable bonds is 5. The molecule has 5 heteroatoms. The molecule has 4 nitrogen and oxygen atoms in total. The lowest BCUT2D eigenvalue weighted by atomic mass is 10.1. The number of benzene rings is 1. The zero-order valence-corrected chi connectivity index (χ0v) is 12.0. The molecular weight excluding hydrogens is 268 g/mol. The SMILES string of the molecule is CCC(Nc1ccc(-n2cncn2)cc1)c1cccs1. The minimum atomic E-state index is 0.368. The third-order valence-electron chi connectivity index (χ3n) is 3.19. The second-order valence-corrected chi connectivity index (χ2v) is 5.49. The van der Waals surface area contributed by atoms with Crippen LogP contribution in [0.1, 0.15) is 24.3 Å². The van der Waals surface area contributed by atoms with Gasteiger partial charge in [0.05, 0.1) is 11.7 Å². The van der Waals surface area contributed by atoms with Gasteiger partial charge in [0.25, 0.3) is 0 Å². The van der Waals surface area contributed by atoms with Crippen LogP contribution >= 0.6 is 11.3 Å². The molecule has 0 aliphatic carbocycles. The Balaban J connectivity index is 1.75. The highest BCUT2D eigenvalue weighted by molar-refractivity contribution is 7.10. The number of anilines is 1. The normalized spacial score (nSPS) is 12.2. The zero-order valence-electron chi connectivity index (χ0n) is 11.2. The summed E-state index contributed by atoms with van der Waals surface area (Å²) in [5.41, 5.74) is 2.13. The fraction of sp³-hybridized carbons (Fsp3) is 0.200. The maximum absolute atomic E-state index is 4.12. The zero-order chi connectivity index (χ0) is 13.8. The van der Waals surface area contributed by atoms with E-state index in [1.54, 1.807) is 22.3 Å². The number of thiophene rings is 1. The number of hydrogen-bond donors (Lipinski definition) is 1. The highest BCUT2D eigenvalue weighted by Crippen LogP contribution is 2.26. The molecular formula is C15H16N4S. The van der Waals surface area contributed by atoms with Crippen molar-refractivity contribution in [3.05, 3.63) is 59.3 Å². The average molecular weight is 284 g/mol. The van der Waals surface area contributed by atoms with Crippen molar-refractivity contribution in [3.63, 3.8) is 0 Å². The van der Waals surface area contributed by atoms with Crippen LogP contribution in [0.3, 0.4) is 0 Å². The largest absolute Gasteiger partial charge is 0.377 e. The van der Waals surface area contributed by atoms with Gasteiger partial charge in [-0.2, -0.15) is 5.10 Å². The van der Waals surface area contributed by atoms with Crippen molar-refractivity contribution < 1.29 is 0 Å². The summed E-state index contributed by atoms with van der Waals surface area (Å²) in [5.74, 6) is 0. The van der Waals surface area contributed by atoms with Crippen LogP contribution in [0.15, 0.2) is 54.4 Å². The molecule has 0 spiro atoms. The first-order valence-electron chi connectivity index (χ1n) is 6.62. The highest BCUT2D eigenvalue weighted by Gasteiger charge is 2.09. The van der Waals surface area contributed by atoms with E-state index < -0.39 is 0 Å². The second-order valence-electron chi connectivity index (χ2n) is 4.51. The number of nitrogens with zero attached hydrogens (tertiary/aromatic N) is 3. The molecule has 0 saturated carbocycles. The molecule has 20 heavy (non-hydrogen) atoms. The Labute approximate surface area is 122 Å². The van der Waals surface area contributed by atoms with E-state index in [9.17, 15) is 0 Å². The first-order valence-corrected chi connectivity index (χ1v) is 7.50. The van der Waals surface area contributed by atoms with E-state index in [0.29, 0.717) is 6.04 Å². The summed E-state index contributed by atoms with van der Waals surface area (Å²) in [5, 5.41) is 9.81. The summed E-state index contributed by atoms with van der Waals surface area (Å²) >= 11 is 1.79. The van der Waals surface area contributed by atoms with Gasteiger partial charge in [0, 0.05) is 10.6 Å². The highest BCUT2D eigenvalue weighted by atomic mass is 32.1. The predicted molar refractivity (Wildman–Crippen MR) is 82.3 cm³/mol. The Bertz CT molecular complexity index is 629. The van der Waals surface area contributed by atoms with Gasteiger partial charge in [-0.1, -0.05) is 13.0 Å². The first kappa shape index (κ1) is 12.9. The molecule has 102 valence electrons. The van der Waals surface area contributed by atoms with Crippen molar-refractivity contribution in [2.75, 3.05) is 5.32 Å². The van der Waals surface area contributed by atoms with Crippen molar-refractivity contribution in [2.24, 2.45) is 0 Å². The van der Waals surface area contributed by atoms with Crippen LogP contribution in [0, 0.1) is 0 Å². The fourth-order valence-corrected chi connectivity index (χ4v) is 2.98. The number of aromatic nitrogens is 3. The lowest BCUT2D eigenvalue weighted by Crippen LogP contribution is -2.08. The van der Waals surface area contributed by atoms with Gasteiger partial charge in [-0.3, -0.25) is 0 Å². The molecule has 3 rings (SSSR count).